The summed E-state index contributed by atoms with van der Waals surface area (Å²) >= 11 is 0. The summed E-state index contributed by atoms with van der Waals surface area (Å²) in [5, 5.41) is 0. The first-order chi connectivity index (χ1) is 15.6. The fraction of sp³-hybridized carbons (Fsp3) is 0.375. The van der Waals surface area contributed by atoms with E-state index in [0.29, 0.717) is 35.0 Å². The Labute approximate surface area is 187 Å². The van der Waals surface area contributed by atoms with Crippen LogP contribution in [0.4, 0.5) is 0 Å². The fourth-order valence-corrected chi connectivity index (χ4v) is 3.42. The van der Waals surface area contributed by atoms with E-state index in [1.165, 1.54) is 7.11 Å². The van der Waals surface area contributed by atoms with Crippen LogP contribution in [-0.2, 0) is 31.8 Å². The third kappa shape index (κ3) is 5.40. The van der Waals surface area contributed by atoms with Crippen molar-refractivity contribution in [3.8, 4) is 23.0 Å². The SMILES string of the molecule is C=CCc1c(OCOC)cc(OCOC)c2c1OC(c1ccc(OCOC)cc1)C(=O)C2. The summed E-state index contributed by atoms with van der Waals surface area (Å²) in [7, 11) is 4.62. The van der Waals surface area contributed by atoms with E-state index in [1.807, 2.05) is 0 Å². The lowest BCUT2D eigenvalue weighted by atomic mass is 9.92. The van der Waals surface area contributed by atoms with Crippen LogP contribution in [0.5, 0.6) is 23.0 Å². The van der Waals surface area contributed by atoms with Crippen LogP contribution in [0.2, 0.25) is 0 Å². The largest absolute Gasteiger partial charge is 0.477 e. The van der Waals surface area contributed by atoms with Crippen molar-refractivity contribution >= 4 is 5.78 Å². The van der Waals surface area contributed by atoms with Crippen molar-refractivity contribution in [1.82, 2.24) is 0 Å². The molecule has 0 amide bonds. The minimum atomic E-state index is -0.768. The van der Waals surface area contributed by atoms with E-state index in [0.717, 1.165) is 11.1 Å². The summed E-state index contributed by atoms with van der Waals surface area (Å²) in [5.41, 5.74) is 2.15. The predicted molar refractivity (Wildman–Crippen MR) is 116 cm³/mol. The van der Waals surface area contributed by atoms with E-state index in [4.69, 9.17) is 33.2 Å². The maximum atomic E-state index is 13.0. The van der Waals surface area contributed by atoms with Crippen molar-refractivity contribution in [2.45, 2.75) is 18.9 Å². The van der Waals surface area contributed by atoms with Crippen LogP contribution in [-0.4, -0.2) is 47.5 Å². The molecule has 0 N–H and O–H groups in total. The number of fused-ring (bicyclic) bond motifs is 1. The molecular formula is C24H28O8. The first kappa shape index (κ1) is 23.6. The molecule has 8 nitrogen and oxygen atoms in total. The molecule has 1 atom stereocenters. The van der Waals surface area contributed by atoms with Crippen LogP contribution in [0.3, 0.4) is 0 Å². The minimum Gasteiger partial charge on any atom is -0.477 e. The molecule has 1 aliphatic heterocycles. The molecule has 1 heterocycles. The highest BCUT2D eigenvalue weighted by molar-refractivity contribution is 5.90. The van der Waals surface area contributed by atoms with Gasteiger partial charge in [0, 0.05) is 50.5 Å². The molecule has 3 rings (SSSR count). The Morgan fingerprint density at radius 1 is 0.969 bits per heavy atom. The van der Waals surface area contributed by atoms with Crippen LogP contribution in [0.1, 0.15) is 22.8 Å². The summed E-state index contributed by atoms with van der Waals surface area (Å²) in [6, 6.07) is 8.89. The van der Waals surface area contributed by atoms with E-state index in [1.54, 1.807) is 50.6 Å². The number of allylic oxidation sites excluding steroid dienone is 1. The zero-order valence-corrected chi connectivity index (χ0v) is 18.6. The van der Waals surface area contributed by atoms with E-state index < -0.39 is 6.10 Å². The summed E-state index contributed by atoms with van der Waals surface area (Å²) in [6.07, 6.45) is 1.61. The first-order valence-corrected chi connectivity index (χ1v) is 10.1. The third-order valence-electron chi connectivity index (χ3n) is 4.82. The van der Waals surface area contributed by atoms with Crippen molar-refractivity contribution in [3.63, 3.8) is 0 Å². The van der Waals surface area contributed by atoms with Crippen molar-refractivity contribution in [2.75, 3.05) is 41.7 Å². The second-order valence-electron chi connectivity index (χ2n) is 7.01. The molecule has 0 aliphatic carbocycles. The molecule has 2 aromatic carbocycles. The molecule has 0 aromatic heterocycles. The highest BCUT2D eigenvalue weighted by Gasteiger charge is 2.34. The monoisotopic (exact) mass is 444 g/mol. The van der Waals surface area contributed by atoms with Gasteiger partial charge >= 0.3 is 0 Å². The van der Waals surface area contributed by atoms with Crippen LogP contribution in [0.25, 0.3) is 0 Å². The lowest BCUT2D eigenvalue weighted by molar-refractivity contribution is -0.126. The standard InChI is InChI=1S/C24H28O8/c1-5-6-18-21(30-14-27-3)12-22(31-15-28-4)19-11-20(25)23(32-24(18)19)16-7-9-17(10-8-16)29-13-26-2/h5,7-10,12,23H,1,6,11,13-15H2,2-4H3. The van der Waals surface area contributed by atoms with Gasteiger partial charge in [-0.1, -0.05) is 18.2 Å². The van der Waals surface area contributed by atoms with Gasteiger partial charge in [-0.15, -0.1) is 6.58 Å². The zero-order chi connectivity index (χ0) is 22.9. The molecule has 1 unspecified atom stereocenters. The number of benzene rings is 2. The lowest BCUT2D eigenvalue weighted by Crippen LogP contribution is -2.27. The average molecular weight is 444 g/mol. The molecule has 2 aromatic rings. The van der Waals surface area contributed by atoms with Gasteiger partial charge in [-0.05, 0) is 18.6 Å². The van der Waals surface area contributed by atoms with Gasteiger partial charge < -0.3 is 33.2 Å². The van der Waals surface area contributed by atoms with Crippen molar-refractivity contribution in [2.24, 2.45) is 0 Å². The molecule has 0 bridgehead atoms. The molecule has 32 heavy (non-hydrogen) atoms. The van der Waals surface area contributed by atoms with E-state index in [2.05, 4.69) is 6.58 Å². The van der Waals surface area contributed by atoms with Crippen molar-refractivity contribution < 1.29 is 38.0 Å². The second kappa shape index (κ2) is 11.5. The topological polar surface area (TPSA) is 81.7 Å². The van der Waals surface area contributed by atoms with Gasteiger partial charge in [0.1, 0.15) is 23.0 Å². The highest BCUT2D eigenvalue weighted by atomic mass is 16.7. The molecular weight excluding hydrogens is 416 g/mol. The number of hydrogen-bond acceptors (Lipinski definition) is 8. The lowest BCUT2D eigenvalue weighted by Gasteiger charge is -2.29. The number of methoxy groups -OCH3 is 3. The fourth-order valence-electron chi connectivity index (χ4n) is 3.42. The minimum absolute atomic E-state index is 0.0253. The van der Waals surface area contributed by atoms with Crippen molar-refractivity contribution in [3.05, 3.63) is 59.7 Å². The van der Waals surface area contributed by atoms with Gasteiger partial charge in [0.25, 0.3) is 0 Å². The Morgan fingerprint density at radius 3 is 2.22 bits per heavy atom. The first-order valence-electron chi connectivity index (χ1n) is 10.1. The Balaban J connectivity index is 1.99. The molecule has 0 fully saturated rings. The predicted octanol–water partition coefficient (Wildman–Crippen LogP) is 3.61. The summed E-state index contributed by atoms with van der Waals surface area (Å²) in [6.45, 7) is 4.06. The van der Waals surface area contributed by atoms with Crippen LogP contribution >= 0.6 is 0 Å². The zero-order valence-electron chi connectivity index (χ0n) is 18.6. The van der Waals surface area contributed by atoms with Gasteiger partial charge in [0.2, 0.25) is 0 Å². The summed E-state index contributed by atoms with van der Waals surface area (Å²) in [5.74, 6) is 2.11. The molecule has 0 radical (unpaired) electrons. The average Bonchev–Trinajstić information content (AvgIpc) is 2.81. The maximum absolute atomic E-state index is 13.0. The number of carbonyl (C=O) groups is 1. The van der Waals surface area contributed by atoms with E-state index in [9.17, 15) is 4.79 Å². The van der Waals surface area contributed by atoms with Gasteiger partial charge in [0.05, 0.1) is 0 Å². The smallest absolute Gasteiger partial charge is 0.188 e. The number of rotatable bonds is 12. The molecule has 1 aliphatic rings. The summed E-state index contributed by atoms with van der Waals surface area (Å²) in [4.78, 5) is 13.0. The van der Waals surface area contributed by atoms with Crippen molar-refractivity contribution in [1.29, 1.82) is 0 Å². The molecule has 0 spiro atoms. The van der Waals surface area contributed by atoms with Crippen LogP contribution in [0, 0.1) is 0 Å². The Bertz CT molecular complexity index is 896. The normalized spacial score (nSPS) is 15.0. The van der Waals surface area contributed by atoms with Gasteiger partial charge in [-0.25, -0.2) is 0 Å². The second-order valence-corrected chi connectivity index (χ2v) is 7.01. The molecule has 0 saturated carbocycles. The number of ketones is 1. The Kier molecular flexibility index (Phi) is 8.49. The Hall–Kier alpha value is -3.07. The van der Waals surface area contributed by atoms with Crippen LogP contribution in [0.15, 0.2) is 43.0 Å². The van der Waals surface area contributed by atoms with E-state index in [-0.39, 0.29) is 32.6 Å². The molecule has 0 saturated heterocycles. The molecule has 172 valence electrons. The third-order valence-corrected chi connectivity index (χ3v) is 4.82. The summed E-state index contributed by atoms with van der Waals surface area (Å²) < 4.78 is 38.2. The number of ether oxygens (including phenoxy) is 7. The van der Waals surface area contributed by atoms with Gasteiger partial charge in [-0.3, -0.25) is 4.79 Å². The number of hydrogen-bond donors (Lipinski definition) is 0. The van der Waals surface area contributed by atoms with Crippen LogP contribution < -0.4 is 18.9 Å². The van der Waals surface area contributed by atoms with Gasteiger partial charge in [0.15, 0.2) is 32.3 Å². The quantitative estimate of drug-likeness (QED) is 0.363. The highest BCUT2D eigenvalue weighted by Crippen LogP contribution is 2.45. The van der Waals surface area contributed by atoms with E-state index >= 15 is 0 Å². The maximum Gasteiger partial charge on any atom is 0.188 e. The number of Topliss-reactive ketones (excluding diaryl/α,β-unsaturated/α-hetero) is 1. The molecule has 8 heteroatoms. The Morgan fingerprint density at radius 2 is 1.59 bits per heavy atom. The van der Waals surface area contributed by atoms with Gasteiger partial charge in [-0.2, -0.15) is 0 Å². The number of carbonyl (C=O) groups excluding carboxylic acids is 1.